The highest BCUT2D eigenvalue weighted by molar-refractivity contribution is 7.16. The number of halogens is 1. The van der Waals surface area contributed by atoms with Gasteiger partial charge in [0, 0.05) is 49.4 Å². The lowest BCUT2D eigenvalue weighted by Gasteiger charge is -2.50. The zero-order chi connectivity index (χ0) is 29.2. The third-order valence-electron chi connectivity index (χ3n) is 10.1. The van der Waals surface area contributed by atoms with Gasteiger partial charge in [0.1, 0.15) is 35.5 Å². The second-order valence-corrected chi connectivity index (χ2v) is 13.7. The van der Waals surface area contributed by atoms with E-state index in [-0.39, 0.29) is 23.6 Å². The van der Waals surface area contributed by atoms with Crippen molar-refractivity contribution in [2.75, 3.05) is 61.4 Å². The van der Waals surface area contributed by atoms with Crippen LogP contribution in [-0.2, 0) is 11.8 Å². The van der Waals surface area contributed by atoms with Crippen molar-refractivity contribution in [1.29, 1.82) is 5.26 Å². The van der Waals surface area contributed by atoms with Crippen LogP contribution in [0.3, 0.4) is 0 Å². The van der Waals surface area contributed by atoms with Crippen molar-refractivity contribution in [2.45, 2.75) is 74.3 Å². The fourth-order valence-electron chi connectivity index (χ4n) is 7.92. The van der Waals surface area contributed by atoms with Crippen molar-refractivity contribution in [3.05, 3.63) is 27.4 Å². The van der Waals surface area contributed by atoms with Gasteiger partial charge in [-0.3, -0.25) is 4.90 Å². The zero-order valence-corrected chi connectivity index (χ0v) is 24.2. The third kappa shape index (κ3) is 4.29. The molecule has 7 rings (SSSR count). The summed E-state index contributed by atoms with van der Waals surface area (Å²) in [6.45, 7) is 11.7. The van der Waals surface area contributed by atoms with Crippen LogP contribution in [0.4, 0.5) is 26.7 Å². The fraction of sp³-hybridized carbons (Fsp3) is 0.655. The molecule has 0 bridgehead atoms. The van der Waals surface area contributed by atoms with E-state index < -0.39 is 18.4 Å². The molecular formula is C29H35FN8O3S. The Morgan fingerprint density at radius 1 is 1.14 bits per heavy atom. The molecule has 4 aliphatic heterocycles. The molecule has 4 N–H and O–H groups in total. The first kappa shape index (κ1) is 27.6. The molecule has 13 heteroatoms. The molecule has 0 radical (unpaired) electrons. The summed E-state index contributed by atoms with van der Waals surface area (Å²) in [5.74, 6) is 0.902. The van der Waals surface area contributed by atoms with Gasteiger partial charge in [0.2, 0.25) is 0 Å². The Kier molecular flexibility index (Phi) is 6.70. The summed E-state index contributed by atoms with van der Waals surface area (Å²) in [5, 5.41) is 30.9. The minimum atomic E-state index is -0.876. The normalized spacial score (nSPS) is 30.0. The Labute approximate surface area is 248 Å². The molecule has 0 saturated carbocycles. The number of nitriles is 1. The number of hydrogen-bond donors (Lipinski definition) is 3. The van der Waals surface area contributed by atoms with Gasteiger partial charge in [-0.05, 0) is 50.6 Å². The molecule has 11 nitrogen and oxygen atoms in total. The van der Waals surface area contributed by atoms with Crippen LogP contribution in [0.15, 0.2) is 0 Å². The average Bonchev–Trinajstić information content (AvgIpc) is 3.65. The molecule has 1 aliphatic carbocycles. The maximum atomic E-state index is 14.4. The summed E-state index contributed by atoms with van der Waals surface area (Å²) in [6.07, 6.45) is 2.21. The molecule has 42 heavy (non-hydrogen) atoms. The van der Waals surface area contributed by atoms with Gasteiger partial charge in [0.25, 0.3) is 5.69 Å². The van der Waals surface area contributed by atoms with E-state index >= 15 is 0 Å². The number of hydrogen-bond acceptors (Lipinski definition) is 11. The van der Waals surface area contributed by atoms with E-state index in [1.165, 1.54) is 16.2 Å². The monoisotopic (exact) mass is 594 g/mol. The molecule has 4 fully saturated rings. The van der Waals surface area contributed by atoms with Crippen molar-refractivity contribution in [3.63, 3.8) is 0 Å². The van der Waals surface area contributed by atoms with Crippen LogP contribution in [-0.4, -0.2) is 94.9 Å². The lowest BCUT2D eigenvalue weighted by atomic mass is 9.74. The smallest absolute Gasteiger partial charge is 0.317 e. The third-order valence-corrected chi connectivity index (χ3v) is 11.1. The number of nitrogens with zero attached hydrogens (tertiary/aromatic N) is 7. The van der Waals surface area contributed by atoms with Crippen LogP contribution in [0.5, 0.6) is 6.01 Å². The van der Waals surface area contributed by atoms with Crippen LogP contribution in [0, 0.1) is 17.9 Å². The second kappa shape index (κ2) is 10.2. The summed E-state index contributed by atoms with van der Waals surface area (Å²) in [4.78, 5) is 20.7. The van der Waals surface area contributed by atoms with Crippen molar-refractivity contribution in [3.8, 4) is 12.1 Å². The Morgan fingerprint density at radius 3 is 2.55 bits per heavy atom. The van der Waals surface area contributed by atoms with Gasteiger partial charge < -0.3 is 30.5 Å². The summed E-state index contributed by atoms with van der Waals surface area (Å²) >= 11 is 1.50. The highest BCUT2D eigenvalue weighted by Crippen LogP contribution is 2.54. The highest BCUT2D eigenvalue weighted by Gasteiger charge is 2.53. The van der Waals surface area contributed by atoms with Crippen molar-refractivity contribution in [1.82, 2.24) is 14.9 Å². The Balaban J connectivity index is 1.22. The Bertz CT molecular complexity index is 1470. The van der Waals surface area contributed by atoms with Crippen LogP contribution in [0.25, 0.3) is 4.85 Å². The topological polar surface area (TPSA) is 139 Å². The number of nitrogens with two attached hydrogens (primary N) is 1. The van der Waals surface area contributed by atoms with Crippen molar-refractivity contribution < 1.29 is 19.3 Å². The predicted molar refractivity (Wildman–Crippen MR) is 156 cm³/mol. The van der Waals surface area contributed by atoms with Gasteiger partial charge >= 0.3 is 6.01 Å². The molecule has 222 valence electrons. The van der Waals surface area contributed by atoms with Crippen molar-refractivity contribution >= 4 is 33.7 Å². The van der Waals surface area contributed by atoms with Crippen LogP contribution < -0.4 is 20.3 Å². The van der Waals surface area contributed by atoms with E-state index in [4.69, 9.17) is 27.0 Å². The second-order valence-electron chi connectivity index (χ2n) is 12.6. The quantitative estimate of drug-likeness (QED) is 0.443. The zero-order valence-electron chi connectivity index (χ0n) is 23.4. The summed E-state index contributed by atoms with van der Waals surface area (Å²) < 4.78 is 20.7. The van der Waals surface area contributed by atoms with Gasteiger partial charge in [-0.2, -0.15) is 15.2 Å². The first-order chi connectivity index (χ1) is 20.3. The molecule has 4 saturated heterocycles. The number of fused-ring (bicyclic) bond motifs is 3. The van der Waals surface area contributed by atoms with Crippen molar-refractivity contribution in [2.24, 2.45) is 0 Å². The van der Waals surface area contributed by atoms with Crippen LogP contribution in [0.1, 0.15) is 54.5 Å². The van der Waals surface area contributed by atoms with Gasteiger partial charge in [-0.25, -0.2) is 9.24 Å². The number of aromatic nitrogens is 2. The number of aliphatic hydroxyl groups excluding tert-OH is 2. The molecular weight excluding hydrogens is 559 g/mol. The standard InChI is InChI=1S/C29H35FN8O3S/c1-33-23-25(36-9-4-19(39)20(40)5-10-36)34-27(41-16-29-6-2-8-38(29)13-17(30)11-29)35-26(23)37-14-28(15-37)7-3-21-22(28)18(12-31)24(32)42-21/h17,19-20,39-40H,2-11,13-16,32H2/t17-,19?,20?,29+/m1/s1. The molecule has 4 atom stereocenters. The SMILES string of the molecule is [C-]#[N+]c1c(N2CCC(O)C(O)CC2)nc(OC[C@@]23CCCN2C[C@H](F)C3)nc1N1CC2(CCc3sc(N)c(C#N)c32)C1. The van der Waals surface area contributed by atoms with Gasteiger partial charge in [0.15, 0.2) is 0 Å². The number of aryl methyl sites for hydroxylation is 1. The first-order valence-electron chi connectivity index (χ1n) is 14.7. The van der Waals surface area contributed by atoms with Crippen LogP contribution >= 0.6 is 11.3 Å². The molecule has 2 aromatic rings. The summed E-state index contributed by atoms with van der Waals surface area (Å²) in [7, 11) is 0. The lowest BCUT2D eigenvalue weighted by Crippen LogP contribution is -2.59. The minimum absolute atomic E-state index is 0.145. The van der Waals surface area contributed by atoms with Gasteiger partial charge in [0.05, 0.1) is 29.9 Å². The number of ether oxygens (including phenoxy) is 1. The van der Waals surface area contributed by atoms with E-state index in [1.54, 1.807) is 0 Å². The van der Waals surface area contributed by atoms with Gasteiger partial charge in [-0.1, -0.05) is 0 Å². The lowest BCUT2D eigenvalue weighted by molar-refractivity contribution is 0.0187. The molecule has 0 aromatic carbocycles. The minimum Gasteiger partial charge on any atom is -0.461 e. The number of anilines is 3. The number of aliphatic hydroxyl groups is 2. The number of nitrogen functional groups attached to an aromatic ring is 1. The highest BCUT2D eigenvalue weighted by atomic mass is 32.1. The molecule has 1 spiro atoms. The van der Waals surface area contributed by atoms with Gasteiger partial charge in [-0.15, -0.1) is 11.3 Å². The fourth-order valence-corrected chi connectivity index (χ4v) is 9.06. The molecule has 6 heterocycles. The molecule has 5 aliphatic rings. The molecule has 0 amide bonds. The van der Waals surface area contributed by atoms with E-state index in [1.807, 2.05) is 4.90 Å². The van der Waals surface area contributed by atoms with E-state index in [9.17, 15) is 19.9 Å². The largest absolute Gasteiger partial charge is 0.461 e. The maximum absolute atomic E-state index is 14.4. The van der Waals surface area contributed by atoms with E-state index in [0.29, 0.717) is 79.9 Å². The first-order valence-corrected chi connectivity index (χ1v) is 15.6. The summed E-state index contributed by atoms with van der Waals surface area (Å²) in [6, 6.07) is 2.45. The number of rotatable bonds is 5. The summed E-state index contributed by atoms with van der Waals surface area (Å²) in [5.41, 5.74) is 7.53. The Hall–Kier alpha value is -3.23. The number of alkyl halides is 1. The number of thiophene rings is 1. The average molecular weight is 595 g/mol. The predicted octanol–water partition coefficient (Wildman–Crippen LogP) is 2.52. The molecule has 2 aromatic heterocycles. The maximum Gasteiger partial charge on any atom is 0.317 e. The van der Waals surface area contributed by atoms with Crippen LogP contribution in [0.2, 0.25) is 0 Å². The van der Waals surface area contributed by atoms with E-state index in [0.717, 1.165) is 37.8 Å². The molecule has 2 unspecified atom stereocenters. The Morgan fingerprint density at radius 2 is 1.86 bits per heavy atom. The van der Waals surface area contributed by atoms with E-state index in [2.05, 4.69) is 20.7 Å².